The lowest BCUT2D eigenvalue weighted by atomic mass is 10.3. The highest BCUT2D eigenvalue weighted by Gasteiger charge is 2.42. The largest absolute Gasteiger partial charge is 0.394 e. The summed E-state index contributed by atoms with van der Waals surface area (Å²) in [5.74, 6) is 0.601. The van der Waals surface area contributed by atoms with E-state index in [2.05, 4.69) is 15.3 Å². The van der Waals surface area contributed by atoms with Crippen LogP contribution in [0.1, 0.15) is 12.8 Å². The maximum atomic E-state index is 9.00. The van der Waals surface area contributed by atoms with Crippen molar-refractivity contribution >= 4 is 5.95 Å². The number of aliphatic hydroxyl groups is 1. The second kappa shape index (κ2) is 2.71. The summed E-state index contributed by atoms with van der Waals surface area (Å²) in [6, 6.07) is 1.77. The Morgan fingerprint density at radius 2 is 2.08 bits per heavy atom. The molecule has 0 aliphatic heterocycles. The van der Waals surface area contributed by atoms with Gasteiger partial charge in [0, 0.05) is 12.4 Å². The molecule has 1 aromatic heterocycles. The zero-order chi connectivity index (χ0) is 8.44. The van der Waals surface area contributed by atoms with Crippen LogP contribution in [0.3, 0.4) is 0 Å². The Morgan fingerprint density at radius 1 is 1.42 bits per heavy atom. The first kappa shape index (κ1) is 7.49. The maximum Gasteiger partial charge on any atom is 0.223 e. The average Bonchev–Trinajstić information content (AvgIpc) is 2.88. The van der Waals surface area contributed by atoms with Crippen LogP contribution >= 0.6 is 0 Å². The van der Waals surface area contributed by atoms with E-state index in [1.165, 1.54) is 0 Å². The van der Waals surface area contributed by atoms with Gasteiger partial charge >= 0.3 is 0 Å². The molecule has 0 aromatic carbocycles. The normalized spacial score (nSPS) is 18.8. The van der Waals surface area contributed by atoms with Gasteiger partial charge in [-0.2, -0.15) is 0 Å². The van der Waals surface area contributed by atoms with Crippen molar-refractivity contribution in [3.63, 3.8) is 0 Å². The van der Waals surface area contributed by atoms with Crippen molar-refractivity contribution in [1.29, 1.82) is 0 Å². The lowest BCUT2D eigenvalue weighted by molar-refractivity contribution is 0.265. The van der Waals surface area contributed by atoms with Crippen molar-refractivity contribution in [3.05, 3.63) is 18.5 Å². The third-order valence-electron chi connectivity index (χ3n) is 2.10. The molecule has 0 bridgehead atoms. The molecule has 0 amide bonds. The summed E-state index contributed by atoms with van der Waals surface area (Å²) in [5.41, 5.74) is -0.124. The van der Waals surface area contributed by atoms with Gasteiger partial charge in [0.15, 0.2) is 0 Å². The van der Waals surface area contributed by atoms with Crippen LogP contribution in [0.15, 0.2) is 18.5 Å². The van der Waals surface area contributed by atoms with Crippen LogP contribution in [0.2, 0.25) is 0 Å². The lowest BCUT2D eigenvalue weighted by Crippen LogP contribution is -2.26. The van der Waals surface area contributed by atoms with Crippen LogP contribution in [0, 0.1) is 0 Å². The molecule has 0 atom stereocenters. The molecule has 0 saturated heterocycles. The van der Waals surface area contributed by atoms with E-state index in [9.17, 15) is 0 Å². The van der Waals surface area contributed by atoms with E-state index in [1.807, 2.05) is 0 Å². The van der Waals surface area contributed by atoms with Crippen molar-refractivity contribution < 1.29 is 5.11 Å². The van der Waals surface area contributed by atoms with Crippen molar-refractivity contribution in [2.75, 3.05) is 11.9 Å². The summed E-state index contributed by atoms with van der Waals surface area (Å²) in [4.78, 5) is 8.04. The minimum atomic E-state index is -0.124. The Morgan fingerprint density at radius 3 is 2.58 bits per heavy atom. The van der Waals surface area contributed by atoms with E-state index in [1.54, 1.807) is 18.5 Å². The van der Waals surface area contributed by atoms with Crippen LogP contribution < -0.4 is 5.32 Å². The Hall–Kier alpha value is -1.16. The molecule has 1 fully saturated rings. The highest BCUT2D eigenvalue weighted by atomic mass is 16.3. The summed E-state index contributed by atoms with van der Waals surface area (Å²) in [5, 5.41) is 12.1. The number of nitrogens with zero attached hydrogens (tertiary/aromatic N) is 2. The predicted molar refractivity (Wildman–Crippen MR) is 44.7 cm³/mol. The topological polar surface area (TPSA) is 58.0 Å². The highest BCUT2D eigenvalue weighted by molar-refractivity contribution is 5.32. The SMILES string of the molecule is OCC1(Nc2ncccn2)CC1. The third kappa shape index (κ3) is 1.38. The van der Waals surface area contributed by atoms with Gasteiger partial charge in [-0.15, -0.1) is 0 Å². The second-order valence-electron chi connectivity index (χ2n) is 3.14. The molecule has 1 aromatic rings. The van der Waals surface area contributed by atoms with Crippen LogP contribution in [0.4, 0.5) is 5.95 Å². The Labute approximate surface area is 70.7 Å². The summed E-state index contributed by atoms with van der Waals surface area (Å²) in [7, 11) is 0. The summed E-state index contributed by atoms with van der Waals surface area (Å²) >= 11 is 0. The van der Waals surface area contributed by atoms with Crippen LogP contribution in [-0.4, -0.2) is 27.2 Å². The van der Waals surface area contributed by atoms with Gasteiger partial charge in [0.05, 0.1) is 12.1 Å². The number of anilines is 1. The van der Waals surface area contributed by atoms with Gasteiger partial charge < -0.3 is 10.4 Å². The first-order valence-electron chi connectivity index (χ1n) is 4.01. The number of aliphatic hydroxyl groups excluding tert-OH is 1. The zero-order valence-electron chi connectivity index (χ0n) is 6.70. The fourth-order valence-electron chi connectivity index (χ4n) is 1.07. The summed E-state index contributed by atoms with van der Waals surface area (Å²) in [6.07, 6.45) is 5.37. The fraction of sp³-hybridized carbons (Fsp3) is 0.500. The third-order valence-corrected chi connectivity index (χ3v) is 2.10. The van der Waals surface area contributed by atoms with E-state index < -0.39 is 0 Å². The molecule has 4 heteroatoms. The monoisotopic (exact) mass is 165 g/mol. The average molecular weight is 165 g/mol. The predicted octanol–water partition coefficient (Wildman–Crippen LogP) is 0.413. The summed E-state index contributed by atoms with van der Waals surface area (Å²) < 4.78 is 0. The second-order valence-corrected chi connectivity index (χ2v) is 3.14. The standard InChI is InChI=1S/C8H11N3O/c12-6-8(2-3-8)11-7-9-4-1-5-10-7/h1,4-5,12H,2-3,6H2,(H,9,10,11). The van der Waals surface area contributed by atoms with Gasteiger partial charge in [-0.1, -0.05) is 0 Å². The molecule has 4 nitrogen and oxygen atoms in total. The van der Waals surface area contributed by atoms with E-state index in [4.69, 9.17) is 5.11 Å². The van der Waals surface area contributed by atoms with Gasteiger partial charge in [-0.05, 0) is 18.9 Å². The van der Waals surface area contributed by atoms with Crippen molar-refractivity contribution in [1.82, 2.24) is 9.97 Å². The molecular weight excluding hydrogens is 154 g/mol. The smallest absolute Gasteiger partial charge is 0.223 e. The van der Waals surface area contributed by atoms with Crippen LogP contribution in [0.25, 0.3) is 0 Å². The molecule has 1 heterocycles. The van der Waals surface area contributed by atoms with E-state index in [-0.39, 0.29) is 12.1 Å². The number of rotatable bonds is 3. The minimum Gasteiger partial charge on any atom is -0.394 e. The number of hydrogen-bond acceptors (Lipinski definition) is 4. The highest BCUT2D eigenvalue weighted by Crippen LogP contribution is 2.37. The van der Waals surface area contributed by atoms with Crippen molar-refractivity contribution in [3.8, 4) is 0 Å². The van der Waals surface area contributed by atoms with Crippen molar-refractivity contribution in [2.45, 2.75) is 18.4 Å². The Kier molecular flexibility index (Phi) is 1.69. The lowest BCUT2D eigenvalue weighted by Gasteiger charge is -2.12. The molecule has 1 aliphatic rings. The molecule has 12 heavy (non-hydrogen) atoms. The van der Waals surface area contributed by atoms with E-state index >= 15 is 0 Å². The molecule has 1 saturated carbocycles. The van der Waals surface area contributed by atoms with Gasteiger partial charge in [-0.3, -0.25) is 0 Å². The molecule has 64 valence electrons. The van der Waals surface area contributed by atoms with Crippen LogP contribution in [-0.2, 0) is 0 Å². The molecule has 0 radical (unpaired) electrons. The number of hydrogen-bond donors (Lipinski definition) is 2. The van der Waals surface area contributed by atoms with Gasteiger partial charge in [0.2, 0.25) is 5.95 Å². The molecular formula is C8H11N3O. The first-order valence-corrected chi connectivity index (χ1v) is 4.01. The van der Waals surface area contributed by atoms with Gasteiger partial charge in [-0.25, -0.2) is 9.97 Å². The maximum absolute atomic E-state index is 9.00. The number of aromatic nitrogens is 2. The Balaban J connectivity index is 2.04. The summed E-state index contributed by atoms with van der Waals surface area (Å²) in [6.45, 7) is 0.158. The Bertz CT molecular complexity index is 258. The quantitative estimate of drug-likeness (QED) is 0.681. The first-order chi connectivity index (χ1) is 5.85. The van der Waals surface area contributed by atoms with Gasteiger partial charge in [0.1, 0.15) is 0 Å². The molecule has 0 unspecified atom stereocenters. The van der Waals surface area contributed by atoms with E-state index in [0.717, 1.165) is 12.8 Å². The zero-order valence-corrected chi connectivity index (χ0v) is 6.70. The molecule has 0 spiro atoms. The van der Waals surface area contributed by atoms with Crippen LogP contribution in [0.5, 0.6) is 0 Å². The van der Waals surface area contributed by atoms with Crippen molar-refractivity contribution in [2.24, 2.45) is 0 Å². The molecule has 2 rings (SSSR count). The van der Waals surface area contributed by atoms with Gasteiger partial charge in [0.25, 0.3) is 0 Å². The molecule has 2 N–H and O–H groups in total. The van der Waals surface area contributed by atoms with E-state index in [0.29, 0.717) is 5.95 Å². The fourth-order valence-corrected chi connectivity index (χ4v) is 1.07. The molecule has 1 aliphatic carbocycles. The minimum absolute atomic E-state index is 0.124. The number of nitrogens with one attached hydrogen (secondary N) is 1.